The van der Waals surface area contributed by atoms with Gasteiger partial charge in [0, 0.05) is 42.6 Å². The first kappa shape index (κ1) is 16.5. The van der Waals surface area contributed by atoms with Crippen molar-refractivity contribution in [3.63, 3.8) is 0 Å². The Morgan fingerprint density at radius 3 is 2.50 bits per heavy atom. The van der Waals surface area contributed by atoms with E-state index in [4.69, 9.17) is 11.6 Å². The van der Waals surface area contributed by atoms with Gasteiger partial charge < -0.3 is 10.2 Å². The number of carbonyl (C=O) groups is 1. The first-order chi connectivity index (χ1) is 10.6. The number of carbonyl (C=O) groups excluding carboxylic acids is 1. The molecular weight excluding hydrogens is 298 g/mol. The lowest BCUT2D eigenvalue weighted by Gasteiger charge is -2.16. The minimum atomic E-state index is 0.0121. The Labute approximate surface area is 136 Å². The highest BCUT2D eigenvalue weighted by atomic mass is 35.5. The van der Waals surface area contributed by atoms with Crippen LogP contribution in [0.3, 0.4) is 0 Å². The van der Waals surface area contributed by atoms with Crippen molar-refractivity contribution in [2.45, 2.75) is 12.8 Å². The van der Waals surface area contributed by atoms with Gasteiger partial charge in [0.15, 0.2) is 0 Å². The van der Waals surface area contributed by atoms with E-state index in [1.165, 1.54) is 5.56 Å². The molecule has 1 aromatic carbocycles. The van der Waals surface area contributed by atoms with E-state index in [-0.39, 0.29) is 5.91 Å². The third kappa shape index (κ3) is 5.84. The lowest BCUT2D eigenvalue weighted by atomic mass is 10.2. The van der Waals surface area contributed by atoms with Crippen molar-refractivity contribution in [1.29, 1.82) is 0 Å². The van der Waals surface area contributed by atoms with Gasteiger partial charge in [-0.15, -0.1) is 0 Å². The van der Waals surface area contributed by atoms with Gasteiger partial charge in [0.2, 0.25) is 5.91 Å². The van der Waals surface area contributed by atoms with Gasteiger partial charge in [0.05, 0.1) is 0 Å². The quantitative estimate of drug-likeness (QED) is 0.852. The Hall–Kier alpha value is -1.91. The Bertz CT molecular complexity index is 587. The summed E-state index contributed by atoms with van der Waals surface area (Å²) >= 11 is 5.81. The summed E-state index contributed by atoms with van der Waals surface area (Å²) in [6, 6.07) is 11.2. The van der Waals surface area contributed by atoms with Crippen molar-refractivity contribution >= 4 is 23.2 Å². The van der Waals surface area contributed by atoms with Crippen molar-refractivity contribution in [1.82, 2.24) is 9.88 Å². The predicted octanol–water partition coefficient (Wildman–Crippen LogP) is 3.24. The first-order valence-electron chi connectivity index (χ1n) is 7.26. The Morgan fingerprint density at radius 1 is 1.14 bits per heavy atom. The smallest absolute Gasteiger partial charge is 0.225 e. The van der Waals surface area contributed by atoms with Crippen molar-refractivity contribution in [3.05, 3.63) is 59.4 Å². The van der Waals surface area contributed by atoms with E-state index >= 15 is 0 Å². The molecular formula is C17H20ClN3O. The fourth-order valence-corrected chi connectivity index (χ4v) is 2.16. The van der Waals surface area contributed by atoms with Crippen LogP contribution in [0.1, 0.15) is 12.0 Å². The second-order valence-corrected chi connectivity index (χ2v) is 5.65. The molecule has 0 spiro atoms. The van der Waals surface area contributed by atoms with Crippen molar-refractivity contribution in [3.8, 4) is 0 Å². The molecule has 0 bridgehead atoms. The molecule has 1 N–H and O–H groups in total. The molecule has 0 radical (unpaired) electrons. The molecule has 0 unspecified atom stereocenters. The van der Waals surface area contributed by atoms with Crippen LogP contribution >= 0.6 is 11.6 Å². The maximum absolute atomic E-state index is 11.9. The summed E-state index contributed by atoms with van der Waals surface area (Å²) in [5.74, 6) is 0.0121. The van der Waals surface area contributed by atoms with Gasteiger partial charge in [-0.25, -0.2) is 0 Å². The van der Waals surface area contributed by atoms with E-state index in [2.05, 4.69) is 15.2 Å². The van der Waals surface area contributed by atoms with Gasteiger partial charge in [-0.2, -0.15) is 0 Å². The minimum absolute atomic E-state index is 0.0121. The van der Waals surface area contributed by atoms with Crippen molar-refractivity contribution in [2.75, 3.05) is 25.5 Å². The van der Waals surface area contributed by atoms with Crippen LogP contribution in [0.2, 0.25) is 5.02 Å². The summed E-state index contributed by atoms with van der Waals surface area (Å²) in [5, 5.41) is 3.53. The molecule has 0 atom stereocenters. The van der Waals surface area contributed by atoms with Crippen LogP contribution in [-0.2, 0) is 11.2 Å². The summed E-state index contributed by atoms with van der Waals surface area (Å²) < 4.78 is 0. The molecule has 4 nitrogen and oxygen atoms in total. The fourth-order valence-electron chi connectivity index (χ4n) is 2.03. The Morgan fingerprint density at radius 2 is 1.82 bits per heavy atom. The predicted molar refractivity (Wildman–Crippen MR) is 90.1 cm³/mol. The Balaban J connectivity index is 1.68. The molecule has 22 heavy (non-hydrogen) atoms. The summed E-state index contributed by atoms with van der Waals surface area (Å²) in [5.41, 5.74) is 2.03. The average molecular weight is 318 g/mol. The van der Waals surface area contributed by atoms with E-state index in [0.29, 0.717) is 11.4 Å². The average Bonchev–Trinajstić information content (AvgIpc) is 2.54. The number of pyridine rings is 1. The molecule has 5 heteroatoms. The maximum atomic E-state index is 11.9. The van der Waals surface area contributed by atoms with Gasteiger partial charge >= 0.3 is 0 Å². The zero-order valence-electron chi connectivity index (χ0n) is 12.6. The molecule has 1 amide bonds. The number of hydrogen-bond acceptors (Lipinski definition) is 3. The molecule has 0 aliphatic rings. The maximum Gasteiger partial charge on any atom is 0.225 e. The molecule has 116 valence electrons. The second-order valence-electron chi connectivity index (χ2n) is 5.21. The highest BCUT2D eigenvalue weighted by molar-refractivity contribution is 6.30. The summed E-state index contributed by atoms with van der Waals surface area (Å²) in [6.07, 6.45) is 5.02. The van der Waals surface area contributed by atoms with Crippen LogP contribution in [0.4, 0.5) is 5.69 Å². The standard InChI is InChI=1S/C17H20ClN3O/c1-21(12-8-14-6-10-19-11-7-14)13-9-17(22)20-16-4-2-15(18)3-5-16/h2-7,10-11H,8-9,12-13H2,1H3,(H,20,22). The highest BCUT2D eigenvalue weighted by Gasteiger charge is 2.05. The largest absolute Gasteiger partial charge is 0.326 e. The van der Waals surface area contributed by atoms with Crippen LogP contribution in [-0.4, -0.2) is 35.9 Å². The van der Waals surface area contributed by atoms with Crippen LogP contribution in [0.15, 0.2) is 48.8 Å². The van der Waals surface area contributed by atoms with E-state index in [1.807, 2.05) is 19.2 Å². The number of rotatable bonds is 7. The van der Waals surface area contributed by atoms with Gasteiger partial charge in [-0.05, 0) is 55.4 Å². The molecule has 1 heterocycles. The van der Waals surface area contributed by atoms with Crippen molar-refractivity contribution < 1.29 is 4.79 Å². The molecule has 0 saturated carbocycles. The molecule has 0 aliphatic heterocycles. The van der Waals surface area contributed by atoms with Gasteiger partial charge in [-0.3, -0.25) is 9.78 Å². The SMILES string of the molecule is CN(CCC(=O)Nc1ccc(Cl)cc1)CCc1ccncc1. The number of benzene rings is 1. The number of halogens is 1. The monoisotopic (exact) mass is 317 g/mol. The number of aromatic nitrogens is 1. The van der Waals surface area contributed by atoms with E-state index in [0.717, 1.165) is 25.2 Å². The van der Waals surface area contributed by atoms with Crippen LogP contribution < -0.4 is 5.32 Å². The van der Waals surface area contributed by atoms with Gasteiger partial charge in [-0.1, -0.05) is 11.6 Å². The lowest BCUT2D eigenvalue weighted by Crippen LogP contribution is -2.26. The van der Waals surface area contributed by atoms with Crippen molar-refractivity contribution in [2.24, 2.45) is 0 Å². The lowest BCUT2D eigenvalue weighted by molar-refractivity contribution is -0.116. The van der Waals surface area contributed by atoms with Gasteiger partial charge in [0.25, 0.3) is 0 Å². The van der Waals surface area contributed by atoms with E-state index in [9.17, 15) is 4.79 Å². The summed E-state index contributed by atoms with van der Waals surface area (Å²) in [4.78, 5) is 18.1. The zero-order valence-corrected chi connectivity index (χ0v) is 13.4. The second kappa shape index (κ2) is 8.51. The number of likely N-dealkylation sites (N-methyl/N-ethyl adjacent to an activating group) is 1. The summed E-state index contributed by atoms with van der Waals surface area (Å²) in [6.45, 7) is 1.64. The number of amides is 1. The first-order valence-corrected chi connectivity index (χ1v) is 7.64. The number of anilines is 1. The molecule has 0 saturated heterocycles. The van der Waals surface area contributed by atoms with Crippen LogP contribution in [0.25, 0.3) is 0 Å². The highest BCUT2D eigenvalue weighted by Crippen LogP contribution is 2.13. The zero-order chi connectivity index (χ0) is 15.8. The third-order valence-corrected chi connectivity index (χ3v) is 3.63. The number of nitrogens with zero attached hydrogens (tertiary/aromatic N) is 2. The van der Waals surface area contributed by atoms with E-state index < -0.39 is 0 Å². The molecule has 0 aliphatic carbocycles. The number of nitrogens with one attached hydrogen (secondary N) is 1. The van der Waals surface area contributed by atoms with Crippen LogP contribution in [0, 0.1) is 0 Å². The summed E-state index contributed by atoms with van der Waals surface area (Å²) in [7, 11) is 2.02. The molecule has 2 rings (SSSR count). The minimum Gasteiger partial charge on any atom is -0.326 e. The fraction of sp³-hybridized carbons (Fsp3) is 0.294. The van der Waals surface area contributed by atoms with Gasteiger partial charge in [0.1, 0.15) is 0 Å². The molecule has 1 aromatic heterocycles. The number of hydrogen-bond donors (Lipinski definition) is 1. The molecule has 2 aromatic rings. The third-order valence-electron chi connectivity index (χ3n) is 3.38. The Kier molecular flexibility index (Phi) is 6.37. The normalized spacial score (nSPS) is 10.7. The van der Waals surface area contributed by atoms with Crippen LogP contribution in [0.5, 0.6) is 0 Å². The topological polar surface area (TPSA) is 45.2 Å². The molecule has 0 fully saturated rings. The van der Waals surface area contributed by atoms with E-state index in [1.54, 1.807) is 36.7 Å².